The van der Waals surface area contributed by atoms with Gasteiger partial charge in [0, 0.05) is 24.0 Å². The Kier molecular flexibility index (Phi) is 2.85. The molecule has 21 heavy (non-hydrogen) atoms. The molecule has 4 rings (SSSR count). The molecule has 3 aromatic rings. The highest BCUT2D eigenvalue weighted by Crippen LogP contribution is 2.35. The van der Waals surface area contributed by atoms with E-state index in [0.29, 0.717) is 5.92 Å². The molecule has 1 unspecified atom stereocenters. The Morgan fingerprint density at radius 1 is 1.10 bits per heavy atom. The fourth-order valence-electron chi connectivity index (χ4n) is 3.29. The van der Waals surface area contributed by atoms with E-state index in [2.05, 4.69) is 41.1 Å². The van der Waals surface area contributed by atoms with Gasteiger partial charge in [-0.2, -0.15) is 0 Å². The Hall–Kier alpha value is -2.42. The Morgan fingerprint density at radius 2 is 2.00 bits per heavy atom. The fourth-order valence-corrected chi connectivity index (χ4v) is 3.29. The average Bonchev–Trinajstić information content (AvgIpc) is 2.92. The zero-order valence-electron chi connectivity index (χ0n) is 11.8. The van der Waals surface area contributed by atoms with Crippen LogP contribution < -0.4 is 10.5 Å². The van der Waals surface area contributed by atoms with Crippen LogP contribution in [-0.4, -0.2) is 11.2 Å². The normalized spacial score (nSPS) is 17.4. The quantitative estimate of drug-likeness (QED) is 0.724. The van der Waals surface area contributed by atoms with Crippen molar-refractivity contribution < 1.29 is 4.74 Å². The van der Waals surface area contributed by atoms with Crippen LogP contribution in [0.15, 0.2) is 54.7 Å². The van der Waals surface area contributed by atoms with Gasteiger partial charge in [-0.25, -0.2) is 0 Å². The summed E-state index contributed by atoms with van der Waals surface area (Å²) in [7, 11) is 0. The van der Waals surface area contributed by atoms with E-state index in [1.165, 1.54) is 10.9 Å². The second-order valence-electron chi connectivity index (χ2n) is 5.63. The molecule has 3 heteroatoms. The topological polar surface area (TPSA) is 40.2 Å². The van der Waals surface area contributed by atoms with Gasteiger partial charge in [0.15, 0.2) is 0 Å². The van der Waals surface area contributed by atoms with Crippen LogP contribution >= 0.6 is 0 Å². The summed E-state index contributed by atoms with van der Waals surface area (Å²) in [5, 5.41) is 1.20. The third kappa shape index (κ3) is 2.05. The van der Waals surface area contributed by atoms with Crippen LogP contribution in [0.3, 0.4) is 0 Å². The Balaban J connectivity index is 1.73. The minimum Gasteiger partial charge on any atom is -0.493 e. The maximum atomic E-state index is 6.16. The number of para-hydroxylation sites is 2. The van der Waals surface area contributed by atoms with Crippen LogP contribution in [0.5, 0.6) is 5.75 Å². The van der Waals surface area contributed by atoms with Crippen molar-refractivity contribution in [2.45, 2.75) is 18.9 Å². The molecule has 1 aromatic heterocycles. The summed E-state index contributed by atoms with van der Waals surface area (Å²) < 4.78 is 8.03. The average molecular weight is 278 g/mol. The summed E-state index contributed by atoms with van der Waals surface area (Å²) in [5.41, 5.74) is 9.45. The van der Waals surface area contributed by atoms with Gasteiger partial charge in [0.2, 0.25) is 0 Å². The second-order valence-corrected chi connectivity index (χ2v) is 5.63. The lowest BCUT2D eigenvalue weighted by molar-refractivity contribution is 0.259. The molecule has 0 amide bonds. The number of nitrogen functional groups attached to an aromatic ring is 1. The summed E-state index contributed by atoms with van der Waals surface area (Å²) in [4.78, 5) is 0. The minimum absolute atomic E-state index is 0.477. The number of aromatic nitrogens is 1. The maximum absolute atomic E-state index is 6.16. The van der Waals surface area contributed by atoms with Crippen LogP contribution in [0.1, 0.15) is 17.9 Å². The third-order valence-electron chi connectivity index (χ3n) is 4.32. The number of fused-ring (bicyclic) bond motifs is 2. The molecule has 1 aliphatic heterocycles. The summed E-state index contributed by atoms with van der Waals surface area (Å²) in [6.45, 7) is 1.73. The van der Waals surface area contributed by atoms with Crippen molar-refractivity contribution in [1.29, 1.82) is 0 Å². The van der Waals surface area contributed by atoms with E-state index < -0.39 is 0 Å². The predicted molar refractivity (Wildman–Crippen MR) is 85.6 cm³/mol. The van der Waals surface area contributed by atoms with Gasteiger partial charge in [0.1, 0.15) is 5.75 Å². The van der Waals surface area contributed by atoms with Crippen molar-refractivity contribution in [1.82, 2.24) is 4.57 Å². The number of rotatable bonds is 2. The van der Waals surface area contributed by atoms with Crippen molar-refractivity contribution in [3.63, 3.8) is 0 Å². The van der Waals surface area contributed by atoms with E-state index >= 15 is 0 Å². The minimum atomic E-state index is 0.477. The molecule has 106 valence electrons. The summed E-state index contributed by atoms with van der Waals surface area (Å²) in [6, 6.07) is 16.6. The smallest absolute Gasteiger partial charge is 0.122 e. The van der Waals surface area contributed by atoms with E-state index in [1.54, 1.807) is 0 Å². The van der Waals surface area contributed by atoms with E-state index in [-0.39, 0.29) is 0 Å². The molecule has 3 nitrogen and oxygen atoms in total. The molecule has 2 N–H and O–H groups in total. The van der Waals surface area contributed by atoms with Gasteiger partial charge < -0.3 is 15.0 Å². The molecule has 2 heterocycles. The molecule has 0 saturated heterocycles. The highest BCUT2D eigenvalue weighted by Gasteiger charge is 2.22. The lowest BCUT2D eigenvalue weighted by Crippen LogP contribution is -2.18. The summed E-state index contributed by atoms with van der Waals surface area (Å²) in [5.74, 6) is 1.50. The van der Waals surface area contributed by atoms with Crippen LogP contribution in [-0.2, 0) is 6.54 Å². The first-order chi connectivity index (χ1) is 10.3. The SMILES string of the molecule is Nc1cccc2ccn(CC3CCOc4ccccc43)c12. The molecule has 0 bridgehead atoms. The van der Waals surface area contributed by atoms with Crippen molar-refractivity contribution in [3.8, 4) is 5.75 Å². The molecule has 1 aliphatic rings. The van der Waals surface area contributed by atoms with Gasteiger partial charge in [-0.3, -0.25) is 0 Å². The second kappa shape index (κ2) is 4.85. The number of nitrogens with zero attached hydrogens (tertiary/aromatic N) is 1. The highest BCUT2D eigenvalue weighted by atomic mass is 16.5. The first kappa shape index (κ1) is 12.3. The first-order valence-corrected chi connectivity index (χ1v) is 7.38. The Morgan fingerprint density at radius 3 is 2.95 bits per heavy atom. The molecule has 2 aromatic carbocycles. The number of hydrogen-bond donors (Lipinski definition) is 1. The molecule has 0 spiro atoms. The van der Waals surface area contributed by atoms with E-state index in [4.69, 9.17) is 10.5 Å². The summed E-state index contributed by atoms with van der Waals surface area (Å²) in [6.07, 6.45) is 3.18. The van der Waals surface area contributed by atoms with Gasteiger partial charge >= 0.3 is 0 Å². The lowest BCUT2D eigenvalue weighted by atomic mass is 9.93. The number of ether oxygens (including phenoxy) is 1. The van der Waals surface area contributed by atoms with Crippen LogP contribution in [0.2, 0.25) is 0 Å². The van der Waals surface area contributed by atoms with E-state index in [9.17, 15) is 0 Å². The Labute approximate surface area is 123 Å². The lowest BCUT2D eigenvalue weighted by Gasteiger charge is -2.26. The van der Waals surface area contributed by atoms with Crippen molar-refractivity contribution >= 4 is 16.6 Å². The van der Waals surface area contributed by atoms with Gasteiger partial charge in [0.25, 0.3) is 0 Å². The molecular weight excluding hydrogens is 260 g/mol. The molecule has 0 radical (unpaired) electrons. The number of nitrogens with two attached hydrogens (primary N) is 1. The van der Waals surface area contributed by atoms with Gasteiger partial charge in [-0.15, -0.1) is 0 Å². The predicted octanol–water partition coefficient (Wildman–Crippen LogP) is 3.79. The van der Waals surface area contributed by atoms with Gasteiger partial charge in [0.05, 0.1) is 17.8 Å². The van der Waals surface area contributed by atoms with Crippen LogP contribution in [0.25, 0.3) is 10.9 Å². The van der Waals surface area contributed by atoms with Crippen molar-refractivity contribution in [2.75, 3.05) is 12.3 Å². The third-order valence-corrected chi connectivity index (χ3v) is 4.32. The van der Waals surface area contributed by atoms with Crippen LogP contribution in [0, 0.1) is 0 Å². The molecule has 1 atom stereocenters. The number of benzene rings is 2. The monoisotopic (exact) mass is 278 g/mol. The van der Waals surface area contributed by atoms with E-state index in [1.807, 2.05) is 18.2 Å². The Bertz CT molecular complexity index is 791. The van der Waals surface area contributed by atoms with Crippen molar-refractivity contribution in [3.05, 3.63) is 60.3 Å². The maximum Gasteiger partial charge on any atom is 0.122 e. The zero-order valence-corrected chi connectivity index (χ0v) is 11.8. The summed E-state index contributed by atoms with van der Waals surface area (Å²) >= 11 is 0. The molecule has 0 fully saturated rings. The molecular formula is C18H18N2O. The molecule has 0 aliphatic carbocycles. The standard InChI is InChI=1S/C18H18N2O/c19-16-6-3-4-13-8-10-20(18(13)16)12-14-9-11-21-17-7-2-1-5-15(14)17/h1-8,10,14H,9,11-12,19H2. The molecule has 0 saturated carbocycles. The van der Waals surface area contributed by atoms with Gasteiger partial charge in [-0.05, 0) is 30.2 Å². The van der Waals surface area contributed by atoms with Gasteiger partial charge in [-0.1, -0.05) is 30.3 Å². The largest absolute Gasteiger partial charge is 0.493 e. The number of hydrogen-bond acceptors (Lipinski definition) is 2. The number of anilines is 1. The highest BCUT2D eigenvalue weighted by molar-refractivity contribution is 5.90. The van der Waals surface area contributed by atoms with E-state index in [0.717, 1.165) is 36.5 Å². The fraction of sp³-hybridized carbons (Fsp3) is 0.222. The van der Waals surface area contributed by atoms with Crippen LogP contribution in [0.4, 0.5) is 5.69 Å². The van der Waals surface area contributed by atoms with Crippen molar-refractivity contribution in [2.24, 2.45) is 0 Å². The zero-order chi connectivity index (χ0) is 14.2. The first-order valence-electron chi connectivity index (χ1n) is 7.38.